The van der Waals surface area contributed by atoms with Crippen molar-refractivity contribution >= 4 is 24.5 Å². The van der Waals surface area contributed by atoms with Gasteiger partial charge in [-0.25, -0.2) is 0 Å². The summed E-state index contributed by atoms with van der Waals surface area (Å²) in [5, 5.41) is 8.36. The van der Waals surface area contributed by atoms with Crippen LogP contribution in [0.4, 0.5) is 23.0 Å². The van der Waals surface area contributed by atoms with E-state index >= 15 is 0 Å². The van der Waals surface area contributed by atoms with Gasteiger partial charge in [0.05, 0.1) is 0 Å². The highest BCUT2D eigenvalue weighted by Gasteiger charge is 2.20. The molecule has 0 aliphatic heterocycles. The van der Waals surface area contributed by atoms with Crippen molar-refractivity contribution in [3.63, 3.8) is 0 Å². The van der Waals surface area contributed by atoms with Gasteiger partial charge in [-0.1, -0.05) is 12.1 Å². The van der Waals surface area contributed by atoms with Crippen LogP contribution in [-0.2, 0) is 6.42 Å². The van der Waals surface area contributed by atoms with Gasteiger partial charge in [0.1, 0.15) is 0 Å². The van der Waals surface area contributed by atoms with E-state index in [2.05, 4.69) is 4.98 Å². The molecule has 0 saturated carbocycles. The van der Waals surface area contributed by atoms with Crippen LogP contribution in [0.5, 0.6) is 0 Å². The summed E-state index contributed by atoms with van der Waals surface area (Å²) in [5.74, 6) is 0.621. The second-order valence-electron chi connectivity index (χ2n) is 2.70. The first-order chi connectivity index (χ1) is 7.36. The van der Waals surface area contributed by atoms with Gasteiger partial charge in [-0.05, 0) is 12.0 Å². The summed E-state index contributed by atoms with van der Waals surface area (Å²) < 4.78 is 39.0. The molecule has 16 heavy (non-hydrogen) atoms. The first-order valence-electron chi connectivity index (χ1n) is 4.24. The number of rotatable bonds is 2. The van der Waals surface area contributed by atoms with Crippen molar-refractivity contribution in [1.82, 2.24) is 0 Å². The number of hydrogen-bond acceptors (Lipinski definition) is 1. The zero-order chi connectivity index (χ0) is 12.6. The van der Waals surface area contributed by atoms with Gasteiger partial charge in [0.15, 0.2) is 4.98 Å². The summed E-state index contributed by atoms with van der Waals surface area (Å²) in [5.41, 5.74) is 1.73. The molecule has 1 aromatic carbocycles. The highest BCUT2D eigenvalue weighted by molar-refractivity contribution is 6.50. The van der Waals surface area contributed by atoms with Crippen molar-refractivity contribution < 1.29 is 17.3 Å². The Balaban J connectivity index is 0.000000385. The molecule has 0 aliphatic rings. The molecular weight excluding hydrogens is 246 g/mol. The highest BCUT2D eigenvalue weighted by Crippen LogP contribution is 2.12. The number of alkyl halides is 1. The number of nitrogens with zero attached hydrogens (tertiary/aromatic N) is 2. The van der Waals surface area contributed by atoms with Gasteiger partial charge in [-0.2, -0.15) is 0 Å². The lowest BCUT2D eigenvalue weighted by Crippen LogP contribution is -2.02. The maximum atomic E-state index is 9.75. The Morgan fingerprint density at radius 3 is 1.88 bits per heavy atom. The van der Waals surface area contributed by atoms with Crippen molar-refractivity contribution in [2.75, 3.05) is 5.88 Å². The first-order valence-corrected chi connectivity index (χ1v) is 4.77. The molecule has 0 fully saturated rings. The Morgan fingerprint density at radius 1 is 1.12 bits per heavy atom. The normalized spacial score (nSPS) is 10.0. The molecule has 88 valence electrons. The fourth-order valence-electron chi connectivity index (χ4n) is 0.838. The molecule has 0 unspecified atom stereocenters. The van der Waals surface area contributed by atoms with Crippen molar-refractivity contribution in [2.45, 2.75) is 6.42 Å². The van der Waals surface area contributed by atoms with Crippen LogP contribution in [0.1, 0.15) is 5.56 Å². The molecule has 1 rings (SSSR count). The van der Waals surface area contributed by atoms with Crippen LogP contribution < -0.4 is 0 Å². The molecule has 1 aromatic rings. The summed E-state index contributed by atoms with van der Waals surface area (Å²) in [7, 11) is -6.00. The lowest BCUT2D eigenvalue weighted by atomic mass is 10.2. The fraction of sp³-hybridized carbons (Fsp3) is 0.250. The van der Waals surface area contributed by atoms with E-state index in [9.17, 15) is 17.3 Å². The standard InChI is InChI=1S/C8H8ClN2.BF4/c9-6-5-7-1-3-8(11-10)4-2-7;2-1(3,4)5/h1-4H,5-6H2;/q+1;-1. The third kappa shape index (κ3) is 9.28. The zero-order valence-corrected chi connectivity index (χ0v) is 8.84. The number of benzene rings is 1. The van der Waals surface area contributed by atoms with E-state index in [4.69, 9.17) is 17.0 Å². The Morgan fingerprint density at radius 2 is 1.56 bits per heavy atom. The van der Waals surface area contributed by atoms with Gasteiger partial charge in [0.25, 0.3) is 0 Å². The Labute approximate surface area is 94.9 Å². The van der Waals surface area contributed by atoms with Crippen molar-refractivity contribution in [3.8, 4) is 0 Å². The summed E-state index contributed by atoms with van der Waals surface area (Å²) in [6.45, 7) is 0. The van der Waals surface area contributed by atoms with Gasteiger partial charge in [-0.3, -0.25) is 0 Å². The van der Waals surface area contributed by atoms with E-state index in [-0.39, 0.29) is 0 Å². The fourth-order valence-corrected chi connectivity index (χ4v) is 1.06. The molecule has 0 heterocycles. The molecular formula is C8H8BClF4N2. The van der Waals surface area contributed by atoms with Crippen LogP contribution in [0.25, 0.3) is 4.98 Å². The van der Waals surface area contributed by atoms with Gasteiger partial charge in [0.2, 0.25) is 5.39 Å². The Kier molecular flexibility index (Phi) is 6.50. The molecule has 8 heteroatoms. The smallest absolute Gasteiger partial charge is 0.418 e. The van der Waals surface area contributed by atoms with Gasteiger partial charge < -0.3 is 17.3 Å². The summed E-state index contributed by atoms with van der Waals surface area (Å²) >= 11 is 5.54. The molecule has 0 bridgehead atoms. The van der Waals surface area contributed by atoms with E-state index in [0.717, 1.165) is 12.0 Å². The van der Waals surface area contributed by atoms with Crippen molar-refractivity contribution in [3.05, 3.63) is 34.8 Å². The van der Waals surface area contributed by atoms with Crippen LogP contribution in [0.3, 0.4) is 0 Å². The third-order valence-electron chi connectivity index (χ3n) is 1.43. The van der Waals surface area contributed by atoms with Crippen LogP contribution in [-0.4, -0.2) is 13.1 Å². The quantitative estimate of drug-likeness (QED) is 0.335. The Bertz CT molecular complexity index is 341. The Hall–Kier alpha value is -1.29. The molecule has 0 saturated heterocycles. The number of hydrogen-bond donors (Lipinski definition) is 0. The molecule has 0 N–H and O–H groups in total. The number of halogens is 5. The van der Waals surface area contributed by atoms with Gasteiger partial charge in [0, 0.05) is 18.0 Å². The molecule has 2 nitrogen and oxygen atoms in total. The van der Waals surface area contributed by atoms with Gasteiger partial charge in [-0.15, -0.1) is 11.6 Å². The minimum absolute atomic E-state index is 0.573. The molecule has 0 radical (unpaired) electrons. The second kappa shape index (κ2) is 7.07. The third-order valence-corrected chi connectivity index (χ3v) is 1.62. The zero-order valence-electron chi connectivity index (χ0n) is 8.09. The van der Waals surface area contributed by atoms with Crippen LogP contribution >= 0.6 is 11.6 Å². The minimum atomic E-state index is -6.00. The van der Waals surface area contributed by atoms with Crippen LogP contribution in [0.2, 0.25) is 0 Å². The van der Waals surface area contributed by atoms with Crippen molar-refractivity contribution in [2.24, 2.45) is 0 Å². The minimum Gasteiger partial charge on any atom is -0.418 e. The van der Waals surface area contributed by atoms with E-state index in [1.165, 1.54) is 0 Å². The van der Waals surface area contributed by atoms with Crippen molar-refractivity contribution in [1.29, 1.82) is 5.39 Å². The SMILES string of the molecule is F[B-](F)(F)F.N#[N+]c1ccc(CCCl)cc1. The van der Waals surface area contributed by atoms with Crippen LogP contribution in [0.15, 0.2) is 24.3 Å². The predicted molar refractivity (Wildman–Crippen MR) is 55.8 cm³/mol. The second-order valence-corrected chi connectivity index (χ2v) is 3.08. The average molecular weight is 254 g/mol. The largest absolute Gasteiger partial charge is 0.673 e. The number of diazo groups is 1. The van der Waals surface area contributed by atoms with E-state index in [1.807, 2.05) is 12.1 Å². The molecule has 0 aliphatic carbocycles. The topological polar surface area (TPSA) is 28.1 Å². The predicted octanol–water partition coefficient (Wildman–Crippen LogP) is 4.25. The summed E-state index contributed by atoms with van der Waals surface area (Å²) in [6.07, 6.45) is 0.854. The molecule has 0 atom stereocenters. The molecule has 0 aromatic heterocycles. The number of aryl methyl sites for hydroxylation is 1. The average Bonchev–Trinajstić information content (AvgIpc) is 2.17. The van der Waals surface area contributed by atoms with Gasteiger partial charge >= 0.3 is 12.9 Å². The van der Waals surface area contributed by atoms with E-state index < -0.39 is 7.25 Å². The molecule has 0 amide bonds. The highest BCUT2D eigenvalue weighted by atomic mass is 35.5. The maximum Gasteiger partial charge on any atom is 0.673 e. The lowest BCUT2D eigenvalue weighted by Gasteiger charge is -1.94. The first kappa shape index (κ1) is 14.7. The monoisotopic (exact) mass is 254 g/mol. The van der Waals surface area contributed by atoms with E-state index in [0.29, 0.717) is 11.6 Å². The maximum absolute atomic E-state index is 9.75. The van der Waals surface area contributed by atoms with E-state index in [1.54, 1.807) is 12.1 Å². The molecule has 0 spiro atoms. The van der Waals surface area contributed by atoms with Crippen LogP contribution in [0, 0.1) is 5.39 Å². The summed E-state index contributed by atoms with van der Waals surface area (Å²) in [6, 6.07) is 7.30. The summed E-state index contributed by atoms with van der Waals surface area (Å²) in [4.78, 5) is 3.04. The lowest BCUT2D eigenvalue weighted by molar-refractivity contribution is 0.368.